The number of hydrogen-bond acceptors (Lipinski definition) is 5. The fraction of sp³-hybridized carbons (Fsp3) is 0.227. The number of methoxy groups -OCH3 is 1. The maximum Gasteiger partial charge on any atom is 0.416 e. The highest BCUT2D eigenvalue weighted by Gasteiger charge is 2.31. The third kappa shape index (κ3) is 6.00. The van der Waals surface area contributed by atoms with E-state index in [1.54, 1.807) is 18.2 Å². The van der Waals surface area contributed by atoms with Gasteiger partial charge in [-0.1, -0.05) is 35.5 Å². The second-order valence-corrected chi connectivity index (χ2v) is 8.36. The first kappa shape index (κ1) is 24.5. The smallest absolute Gasteiger partial charge is 0.416 e. The first-order valence-electron chi connectivity index (χ1n) is 9.50. The van der Waals surface area contributed by atoms with E-state index in [-0.39, 0.29) is 34.4 Å². The van der Waals surface area contributed by atoms with Crippen molar-refractivity contribution in [1.82, 2.24) is 5.32 Å². The molecule has 33 heavy (non-hydrogen) atoms. The molecular weight excluding hydrogens is 479 g/mol. The zero-order valence-electron chi connectivity index (χ0n) is 17.1. The van der Waals surface area contributed by atoms with Crippen LogP contribution in [0.3, 0.4) is 0 Å². The van der Waals surface area contributed by atoms with Gasteiger partial charge in [0.15, 0.2) is 0 Å². The molecule has 1 atom stereocenters. The molecule has 2 N–H and O–H groups in total. The van der Waals surface area contributed by atoms with Crippen molar-refractivity contribution in [3.05, 3.63) is 69.2 Å². The first-order valence-corrected chi connectivity index (χ1v) is 10.9. The molecule has 0 bridgehead atoms. The standard InChI is InChI=1S/C22H17ClF3N3O3S/c1-32-18-6-5-12(7-17(18)23)15-9-19(30)29-21(16(15)10-27)33-11-20(31)28-14-4-2-3-13(8-14)22(24,25)26/h2-8,15H,9,11H2,1H3,(H,28,31)(H,29,30)/t15-/m0/s1. The molecule has 0 saturated heterocycles. The minimum absolute atomic E-state index is 0.0108. The maximum absolute atomic E-state index is 12.8. The minimum atomic E-state index is -4.53. The molecule has 0 aliphatic carbocycles. The summed E-state index contributed by atoms with van der Waals surface area (Å²) < 4.78 is 43.7. The molecule has 6 nitrogen and oxygen atoms in total. The Kier molecular flexibility index (Phi) is 7.56. The number of benzene rings is 2. The molecule has 0 unspecified atom stereocenters. The Bertz CT molecular complexity index is 1160. The Balaban J connectivity index is 1.76. The first-order chi connectivity index (χ1) is 15.6. The van der Waals surface area contributed by atoms with Crippen LogP contribution in [0.1, 0.15) is 23.5 Å². The molecule has 2 aromatic carbocycles. The summed E-state index contributed by atoms with van der Waals surface area (Å²) in [5.74, 6) is -1.28. The molecule has 1 aliphatic heterocycles. The van der Waals surface area contributed by atoms with Crippen LogP contribution in [0, 0.1) is 11.3 Å². The molecule has 0 spiro atoms. The number of thioether (sulfide) groups is 1. The van der Waals surface area contributed by atoms with Gasteiger partial charge in [-0.05, 0) is 35.9 Å². The van der Waals surface area contributed by atoms with Crippen molar-refractivity contribution >= 4 is 40.9 Å². The van der Waals surface area contributed by atoms with Gasteiger partial charge in [0.05, 0.1) is 40.1 Å². The summed E-state index contributed by atoms with van der Waals surface area (Å²) in [6, 6.07) is 11.3. The van der Waals surface area contributed by atoms with Gasteiger partial charge in [-0.3, -0.25) is 9.59 Å². The minimum Gasteiger partial charge on any atom is -0.495 e. The topological polar surface area (TPSA) is 91.2 Å². The lowest BCUT2D eigenvalue weighted by Gasteiger charge is -2.25. The lowest BCUT2D eigenvalue weighted by atomic mass is 9.87. The SMILES string of the molecule is COc1ccc([C@@H]2CC(=O)NC(SCC(=O)Nc3cccc(C(F)(F)F)c3)=C2C#N)cc1Cl. The number of rotatable bonds is 6. The summed E-state index contributed by atoms with van der Waals surface area (Å²) in [7, 11) is 1.47. The van der Waals surface area contributed by atoms with Gasteiger partial charge in [-0.2, -0.15) is 18.4 Å². The van der Waals surface area contributed by atoms with Crippen LogP contribution < -0.4 is 15.4 Å². The zero-order chi connectivity index (χ0) is 24.2. The predicted octanol–water partition coefficient (Wildman–Crippen LogP) is 5.08. The number of carbonyl (C=O) groups excluding carboxylic acids is 2. The summed E-state index contributed by atoms with van der Waals surface area (Å²) in [5, 5.41) is 15.2. The second kappa shape index (κ2) is 10.2. The Morgan fingerprint density at radius 3 is 2.73 bits per heavy atom. The third-order valence-electron chi connectivity index (χ3n) is 4.76. The van der Waals surface area contributed by atoms with Crippen molar-refractivity contribution in [2.75, 3.05) is 18.2 Å². The van der Waals surface area contributed by atoms with E-state index in [9.17, 15) is 28.0 Å². The summed E-state index contributed by atoms with van der Waals surface area (Å²) >= 11 is 7.09. The molecule has 2 aromatic rings. The predicted molar refractivity (Wildman–Crippen MR) is 119 cm³/mol. The number of carbonyl (C=O) groups is 2. The number of alkyl halides is 3. The molecule has 3 rings (SSSR count). The van der Waals surface area contributed by atoms with Crippen molar-refractivity contribution < 1.29 is 27.5 Å². The van der Waals surface area contributed by atoms with E-state index in [1.807, 2.05) is 0 Å². The van der Waals surface area contributed by atoms with Crippen LogP contribution in [-0.2, 0) is 15.8 Å². The molecule has 2 amide bonds. The largest absolute Gasteiger partial charge is 0.495 e. The van der Waals surface area contributed by atoms with Gasteiger partial charge in [-0.25, -0.2) is 0 Å². The maximum atomic E-state index is 12.8. The van der Waals surface area contributed by atoms with Crippen molar-refractivity contribution in [2.45, 2.75) is 18.5 Å². The van der Waals surface area contributed by atoms with Crippen LogP contribution in [0.2, 0.25) is 5.02 Å². The van der Waals surface area contributed by atoms with Gasteiger partial charge in [0.1, 0.15) is 5.75 Å². The van der Waals surface area contributed by atoms with E-state index in [0.717, 1.165) is 23.9 Å². The van der Waals surface area contributed by atoms with Gasteiger partial charge in [0.25, 0.3) is 0 Å². The number of amides is 2. The Hall–Kier alpha value is -3.16. The lowest BCUT2D eigenvalue weighted by molar-refractivity contribution is -0.137. The van der Waals surface area contributed by atoms with Gasteiger partial charge in [0.2, 0.25) is 11.8 Å². The van der Waals surface area contributed by atoms with E-state index < -0.39 is 23.6 Å². The van der Waals surface area contributed by atoms with E-state index in [4.69, 9.17) is 16.3 Å². The van der Waals surface area contributed by atoms with Crippen molar-refractivity contribution in [2.24, 2.45) is 0 Å². The summed E-state index contributed by atoms with van der Waals surface area (Å²) in [4.78, 5) is 24.6. The Labute approximate surface area is 196 Å². The van der Waals surface area contributed by atoms with E-state index in [0.29, 0.717) is 16.3 Å². The van der Waals surface area contributed by atoms with Crippen LogP contribution in [0.4, 0.5) is 18.9 Å². The van der Waals surface area contributed by atoms with E-state index in [1.165, 1.54) is 19.2 Å². The van der Waals surface area contributed by atoms with Crippen LogP contribution in [-0.4, -0.2) is 24.7 Å². The monoisotopic (exact) mass is 495 g/mol. The molecule has 0 radical (unpaired) electrons. The number of nitrogens with zero attached hydrogens (tertiary/aromatic N) is 1. The third-order valence-corrected chi connectivity index (χ3v) is 6.07. The molecule has 1 heterocycles. The molecule has 1 aliphatic rings. The average molecular weight is 496 g/mol. The summed E-state index contributed by atoms with van der Waals surface area (Å²) in [6.45, 7) is 0. The molecule has 0 aromatic heterocycles. The fourth-order valence-electron chi connectivity index (χ4n) is 3.23. The Morgan fingerprint density at radius 2 is 2.09 bits per heavy atom. The molecule has 11 heteroatoms. The number of nitrogens with one attached hydrogen (secondary N) is 2. The van der Waals surface area contributed by atoms with Crippen molar-refractivity contribution in [3.8, 4) is 11.8 Å². The van der Waals surface area contributed by atoms with Crippen molar-refractivity contribution in [1.29, 1.82) is 5.26 Å². The molecule has 172 valence electrons. The second-order valence-electron chi connectivity index (χ2n) is 6.97. The van der Waals surface area contributed by atoms with Crippen LogP contribution in [0.25, 0.3) is 0 Å². The quantitative estimate of drug-likeness (QED) is 0.583. The number of ether oxygens (including phenoxy) is 1. The average Bonchev–Trinajstić information content (AvgIpc) is 2.76. The molecule has 0 saturated carbocycles. The fourth-order valence-corrected chi connectivity index (χ4v) is 4.37. The van der Waals surface area contributed by atoms with Crippen LogP contribution >= 0.6 is 23.4 Å². The van der Waals surface area contributed by atoms with Crippen LogP contribution in [0.5, 0.6) is 5.75 Å². The highest BCUT2D eigenvalue weighted by Crippen LogP contribution is 2.38. The normalized spacial score (nSPS) is 16.1. The number of nitriles is 1. The molecular formula is C22H17ClF3N3O3S. The van der Waals surface area contributed by atoms with E-state index >= 15 is 0 Å². The summed E-state index contributed by atoms with van der Waals surface area (Å²) in [6.07, 6.45) is -4.51. The van der Waals surface area contributed by atoms with Crippen molar-refractivity contribution in [3.63, 3.8) is 0 Å². The van der Waals surface area contributed by atoms with Gasteiger partial charge in [-0.15, -0.1) is 0 Å². The summed E-state index contributed by atoms with van der Waals surface area (Å²) in [5.41, 5.74) is -0.00210. The lowest BCUT2D eigenvalue weighted by Crippen LogP contribution is -2.31. The van der Waals surface area contributed by atoms with Gasteiger partial charge < -0.3 is 15.4 Å². The van der Waals surface area contributed by atoms with E-state index in [2.05, 4.69) is 16.7 Å². The van der Waals surface area contributed by atoms with Crippen LogP contribution in [0.15, 0.2) is 53.1 Å². The number of halogens is 4. The number of allylic oxidation sites excluding steroid dienone is 1. The number of anilines is 1. The highest BCUT2D eigenvalue weighted by molar-refractivity contribution is 8.03. The highest BCUT2D eigenvalue weighted by atomic mass is 35.5. The van der Waals surface area contributed by atoms with Gasteiger partial charge in [0, 0.05) is 18.0 Å². The number of hydrogen-bond donors (Lipinski definition) is 2. The molecule has 0 fully saturated rings. The zero-order valence-corrected chi connectivity index (χ0v) is 18.7. The van der Waals surface area contributed by atoms with Gasteiger partial charge >= 0.3 is 6.18 Å². The Morgan fingerprint density at radius 1 is 1.33 bits per heavy atom.